The Morgan fingerprint density at radius 2 is 2.14 bits per heavy atom. The van der Waals surface area contributed by atoms with E-state index in [1.54, 1.807) is 11.3 Å². The second kappa shape index (κ2) is 7.75. The molecule has 2 rings (SSSR count). The van der Waals surface area contributed by atoms with Crippen LogP contribution in [0.2, 0.25) is 5.02 Å². The highest BCUT2D eigenvalue weighted by atomic mass is 79.9. The smallest absolute Gasteiger partial charge is 0.0594 e. The Bertz CT molecular complexity index is 587. The first kappa shape index (κ1) is 17.0. The fraction of sp³-hybridized carbons (Fsp3) is 0.375. The van der Waals surface area contributed by atoms with E-state index in [-0.39, 0.29) is 12.1 Å². The Hall–Kier alpha value is -0.390. The van der Waals surface area contributed by atoms with Crippen LogP contribution in [0.4, 0.5) is 0 Å². The Morgan fingerprint density at radius 1 is 1.38 bits per heavy atom. The summed E-state index contributed by atoms with van der Waals surface area (Å²) in [5, 5.41) is 2.88. The lowest BCUT2D eigenvalue weighted by molar-refractivity contribution is 0.205. The lowest BCUT2D eigenvalue weighted by Crippen LogP contribution is -2.38. The number of halogens is 2. The third-order valence-electron chi connectivity index (χ3n) is 3.55. The minimum Gasteiger partial charge on any atom is -0.326 e. The molecule has 0 amide bonds. The normalized spacial score (nSPS) is 14.4. The molecule has 0 fully saturated rings. The van der Waals surface area contributed by atoms with E-state index in [1.807, 2.05) is 18.2 Å². The van der Waals surface area contributed by atoms with Crippen LogP contribution in [0.25, 0.3) is 0 Å². The number of thiophene rings is 1. The Morgan fingerprint density at radius 3 is 2.71 bits per heavy atom. The minimum atomic E-state index is 0.111. The van der Waals surface area contributed by atoms with E-state index in [1.165, 1.54) is 10.4 Å². The zero-order valence-corrected chi connectivity index (χ0v) is 15.4. The summed E-state index contributed by atoms with van der Waals surface area (Å²) < 4.78 is 1.12. The van der Waals surface area contributed by atoms with Gasteiger partial charge in [-0.1, -0.05) is 30.7 Å². The lowest BCUT2D eigenvalue weighted by atomic mass is 10.0. The van der Waals surface area contributed by atoms with Gasteiger partial charge in [-0.05, 0) is 53.2 Å². The van der Waals surface area contributed by atoms with Crippen LogP contribution in [0.1, 0.15) is 29.8 Å². The molecule has 2 atom stereocenters. The van der Waals surface area contributed by atoms with Crippen molar-refractivity contribution in [3.05, 3.63) is 55.6 Å². The Balaban J connectivity index is 2.20. The molecule has 0 saturated carbocycles. The van der Waals surface area contributed by atoms with Crippen LogP contribution >= 0.6 is 38.9 Å². The SMILES string of the molecule is CCC(N)C(c1cc(Br)cs1)N(C)Cc1cccc(Cl)c1. The number of hydrogen-bond donors (Lipinski definition) is 1. The Kier molecular flexibility index (Phi) is 6.26. The van der Waals surface area contributed by atoms with Gasteiger partial charge in [0.25, 0.3) is 0 Å². The van der Waals surface area contributed by atoms with E-state index in [4.69, 9.17) is 17.3 Å². The average molecular weight is 388 g/mol. The van der Waals surface area contributed by atoms with Gasteiger partial charge in [-0.25, -0.2) is 0 Å². The standard InChI is InChI=1S/C16H20BrClN2S/c1-3-14(19)16(15-8-12(17)10-21-15)20(2)9-11-5-4-6-13(18)7-11/h4-8,10,14,16H,3,9,19H2,1-2H3. The molecule has 0 aliphatic rings. The molecule has 0 aliphatic carbocycles. The third-order valence-corrected chi connectivity index (χ3v) is 5.55. The maximum absolute atomic E-state index is 6.37. The summed E-state index contributed by atoms with van der Waals surface area (Å²) in [5.41, 5.74) is 7.57. The fourth-order valence-corrected chi connectivity index (χ4v) is 4.38. The Labute approximate surface area is 144 Å². The number of hydrogen-bond acceptors (Lipinski definition) is 3. The average Bonchev–Trinajstić information content (AvgIpc) is 2.85. The van der Waals surface area contributed by atoms with Crippen molar-refractivity contribution in [2.75, 3.05) is 7.05 Å². The van der Waals surface area contributed by atoms with Gasteiger partial charge in [0.15, 0.2) is 0 Å². The molecule has 2 N–H and O–H groups in total. The van der Waals surface area contributed by atoms with Crippen LogP contribution < -0.4 is 5.73 Å². The van der Waals surface area contributed by atoms with E-state index >= 15 is 0 Å². The molecule has 2 nitrogen and oxygen atoms in total. The zero-order valence-electron chi connectivity index (χ0n) is 12.2. The second-order valence-corrected chi connectivity index (χ2v) is 7.52. The van der Waals surface area contributed by atoms with E-state index in [0.29, 0.717) is 0 Å². The van der Waals surface area contributed by atoms with Crippen molar-refractivity contribution >= 4 is 38.9 Å². The van der Waals surface area contributed by atoms with Crippen molar-refractivity contribution in [1.29, 1.82) is 0 Å². The van der Waals surface area contributed by atoms with Crippen LogP contribution in [0, 0.1) is 0 Å². The van der Waals surface area contributed by atoms with Crippen LogP contribution in [-0.2, 0) is 6.54 Å². The number of rotatable bonds is 6. The zero-order chi connectivity index (χ0) is 15.4. The molecule has 1 aromatic heterocycles. The molecule has 5 heteroatoms. The first-order valence-electron chi connectivity index (χ1n) is 6.95. The molecule has 114 valence electrons. The quantitative estimate of drug-likeness (QED) is 0.749. The van der Waals surface area contributed by atoms with Gasteiger partial charge in [0.1, 0.15) is 0 Å². The molecule has 2 aromatic rings. The molecular weight excluding hydrogens is 368 g/mol. The highest BCUT2D eigenvalue weighted by Gasteiger charge is 2.24. The molecule has 0 saturated heterocycles. The van der Waals surface area contributed by atoms with Crippen LogP contribution in [0.5, 0.6) is 0 Å². The van der Waals surface area contributed by atoms with E-state index in [0.717, 1.165) is 22.5 Å². The largest absolute Gasteiger partial charge is 0.326 e. The summed E-state index contributed by atoms with van der Waals surface area (Å²) in [6.07, 6.45) is 0.945. The molecule has 2 unspecified atom stereocenters. The van der Waals surface area contributed by atoms with Gasteiger partial charge in [-0.2, -0.15) is 0 Å². The van der Waals surface area contributed by atoms with Crippen LogP contribution in [-0.4, -0.2) is 18.0 Å². The van der Waals surface area contributed by atoms with Crippen molar-refractivity contribution in [3.8, 4) is 0 Å². The van der Waals surface area contributed by atoms with E-state index in [2.05, 4.69) is 52.3 Å². The predicted molar refractivity (Wildman–Crippen MR) is 95.9 cm³/mol. The lowest BCUT2D eigenvalue weighted by Gasteiger charge is -2.31. The van der Waals surface area contributed by atoms with Crippen molar-refractivity contribution in [3.63, 3.8) is 0 Å². The van der Waals surface area contributed by atoms with Crippen molar-refractivity contribution in [2.45, 2.75) is 32.0 Å². The summed E-state index contributed by atoms with van der Waals surface area (Å²) in [5.74, 6) is 0. The molecule has 0 aliphatic heterocycles. The number of benzene rings is 1. The van der Waals surface area contributed by atoms with E-state index in [9.17, 15) is 0 Å². The van der Waals surface area contributed by atoms with Crippen molar-refractivity contribution < 1.29 is 0 Å². The molecule has 0 spiro atoms. The predicted octanol–water partition coefficient (Wildman–Crippen LogP) is 5.07. The highest BCUT2D eigenvalue weighted by molar-refractivity contribution is 9.10. The number of nitrogens with two attached hydrogens (primary N) is 1. The van der Waals surface area contributed by atoms with Crippen LogP contribution in [0.3, 0.4) is 0 Å². The van der Waals surface area contributed by atoms with E-state index < -0.39 is 0 Å². The van der Waals surface area contributed by atoms with Crippen LogP contribution in [0.15, 0.2) is 40.2 Å². The van der Waals surface area contributed by atoms with Gasteiger partial charge >= 0.3 is 0 Å². The van der Waals surface area contributed by atoms with Gasteiger partial charge in [-0.15, -0.1) is 11.3 Å². The van der Waals surface area contributed by atoms with Crippen molar-refractivity contribution in [1.82, 2.24) is 4.90 Å². The molecule has 21 heavy (non-hydrogen) atoms. The fourth-order valence-electron chi connectivity index (χ4n) is 2.48. The summed E-state index contributed by atoms with van der Waals surface area (Å²) in [6, 6.07) is 10.5. The maximum atomic E-state index is 6.37. The van der Waals surface area contributed by atoms with Gasteiger partial charge < -0.3 is 5.73 Å². The first-order chi connectivity index (χ1) is 10.0. The third kappa shape index (κ3) is 4.54. The minimum absolute atomic E-state index is 0.111. The molecule has 1 aromatic carbocycles. The topological polar surface area (TPSA) is 29.3 Å². The van der Waals surface area contributed by atoms with Gasteiger partial charge in [0.2, 0.25) is 0 Å². The monoisotopic (exact) mass is 386 g/mol. The van der Waals surface area contributed by atoms with Gasteiger partial charge in [-0.3, -0.25) is 4.90 Å². The molecule has 0 bridgehead atoms. The number of likely N-dealkylation sites (N-methyl/N-ethyl adjacent to an activating group) is 1. The van der Waals surface area contributed by atoms with Gasteiger partial charge in [0, 0.05) is 32.3 Å². The molecule has 1 heterocycles. The maximum Gasteiger partial charge on any atom is 0.0594 e. The molecule has 0 radical (unpaired) electrons. The number of nitrogens with zero attached hydrogens (tertiary/aromatic N) is 1. The summed E-state index contributed by atoms with van der Waals surface area (Å²) >= 11 is 11.4. The molecular formula is C16H20BrClN2S. The second-order valence-electron chi connectivity index (χ2n) is 5.23. The summed E-state index contributed by atoms with van der Waals surface area (Å²) in [7, 11) is 2.12. The van der Waals surface area contributed by atoms with Gasteiger partial charge in [0.05, 0.1) is 6.04 Å². The van der Waals surface area contributed by atoms with Crippen molar-refractivity contribution in [2.24, 2.45) is 5.73 Å². The highest BCUT2D eigenvalue weighted by Crippen LogP contribution is 2.32. The summed E-state index contributed by atoms with van der Waals surface area (Å²) in [4.78, 5) is 3.60. The first-order valence-corrected chi connectivity index (χ1v) is 9.00. The summed E-state index contributed by atoms with van der Waals surface area (Å²) in [6.45, 7) is 2.96.